The molecule has 0 bridgehead atoms. The predicted molar refractivity (Wildman–Crippen MR) is 63.5 cm³/mol. The molecule has 0 saturated heterocycles. The second-order valence-corrected chi connectivity index (χ2v) is 4.47. The van der Waals surface area contributed by atoms with Crippen molar-refractivity contribution >= 4 is 5.78 Å². The van der Waals surface area contributed by atoms with Gasteiger partial charge >= 0.3 is 0 Å². The molecule has 86 valence electrons. The highest BCUT2D eigenvalue weighted by atomic mass is 16.5. The fraction of sp³-hybridized carbons (Fsp3) is 0.500. The van der Waals surface area contributed by atoms with Crippen molar-refractivity contribution in [3.05, 3.63) is 35.9 Å². The number of methoxy groups -OCH3 is 1. The van der Waals surface area contributed by atoms with Gasteiger partial charge in [0.2, 0.25) is 0 Å². The number of hydrogen-bond donors (Lipinski definition) is 0. The second-order valence-electron chi connectivity index (χ2n) is 4.47. The minimum absolute atomic E-state index is 0.144. The zero-order valence-electron chi connectivity index (χ0n) is 9.74. The van der Waals surface area contributed by atoms with Crippen LogP contribution in [0.2, 0.25) is 0 Å². The van der Waals surface area contributed by atoms with E-state index in [4.69, 9.17) is 4.74 Å². The Bertz CT molecular complexity index is 352. The van der Waals surface area contributed by atoms with Crippen molar-refractivity contribution in [2.75, 3.05) is 13.7 Å². The van der Waals surface area contributed by atoms with E-state index in [-0.39, 0.29) is 5.41 Å². The van der Waals surface area contributed by atoms with Crippen molar-refractivity contribution in [1.29, 1.82) is 0 Å². The number of Topliss-reactive ketones (excluding diaryl/α,β-unsaturated/α-hetero) is 1. The minimum Gasteiger partial charge on any atom is -0.385 e. The number of ether oxygens (including phenoxy) is 1. The van der Waals surface area contributed by atoms with Crippen molar-refractivity contribution in [3.8, 4) is 0 Å². The Kier molecular flexibility index (Phi) is 3.39. The molecule has 0 amide bonds. The first kappa shape index (κ1) is 11.3. The van der Waals surface area contributed by atoms with Gasteiger partial charge in [-0.05, 0) is 24.8 Å². The Labute approximate surface area is 96.6 Å². The smallest absolute Gasteiger partial charge is 0.143 e. The van der Waals surface area contributed by atoms with E-state index in [1.165, 1.54) is 5.56 Å². The quantitative estimate of drug-likeness (QED) is 0.686. The lowest BCUT2D eigenvalue weighted by Gasteiger charge is -2.14. The molecule has 0 aromatic heterocycles. The first-order valence-electron chi connectivity index (χ1n) is 5.87. The molecular weight excluding hydrogens is 200 g/mol. The average molecular weight is 218 g/mol. The summed E-state index contributed by atoms with van der Waals surface area (Å²) in [6.45, 7) is 0.677. The highest BCUT2D eigenvalue weighted by molar-refractivity contribution is 5.93. The zero-order valence-corrected chi connectivity index (χ0v) is 9.74. The molecule has 1 aliphatic rings. The molecular formula is C14H18O2. The number of rotatable bonds is 6. The van der Waals surface area contributed by atoms with Gasteiger partial charge in [-0.25, -0.2) is 0 Å². The van der Waals surface area contributed by atoms with Crippen LogP contribution in [0.25, 0.3) is 0 Å². The lowest BCUT2D eigenvalue weighted by molar-refractivity contribution is -0.121. The first-order valence-corrected chi connectivity index (χ1v) is 5.87. The molecule has 0 aliphatic heterocycles. The molecule has 1 saturated carbocycles. The maximum Gasteiger partial charge on any atom is 0.143 e. The highest BCUT2D eigenvalue weighted by Gasteiger charge is 2.49. The molecule has 0 radical (unpaired) electrons. The van der Waals surface area contributed by atoms with Gasteiger partial charge in [0.1, 0.15) is 5.78 Å². The molecule has 2 heteroatoms. The van der Waals surface area contributed by atoms with Crippen molar-refractivity contribution < 1.29 is 9.53 Å². The SMILES string of the molecule is COCCCC(=O)C1(c2ccccc2)CC1. The van der Waals surface area contributed by atoms with E-state index in [9.17, 15) is 4.79 Å². The lowest BCUT2D eigenvalue weighted by Crippen LogP contribution is -2.20. The summed E-state index contributed by atoms with van der Waals surface area (Å²) < 4.78 is 4.98. The van der Waals surface area contributed by atoms with E-state index in [0.29, 0.717) is 18.8 Å². The second kappa shape index (κ2) is 4.79. The maximum absolute atomic E-state index is 12.1. The van der Waals surface area contributed by atoms with E-state index < -0.39 is 0 Å². The summed E-state index contributed by atoms with van der Waals surface area (Å²) in [6, 6.07) is 10.2. The average Bonchev–Trinajstić information content (AvgIpc) is 3.12. The number of carbonyl (C=O) groups is 1. The largest absolute Gasteiger partial charge is 0.385 e. The van der Waals surface area contributed by atoms with Crippen LogP contribution in [-0.4, -0.2) is 19.5 Å². The monoisotopic (exact) mass is 218 g/mol. The Morgan fingerprint density at radius 2 is 2.00 bits per heavy atom. The molecule has 1 aromatic carbocycles. The van der Waals surface area contributed by atoms with Crippen LogP contribution in [0, 0.1) is 0 Å². The van der Waals surface area contributed by atoms with Gasteiger partial charge in [-0.3, -0.25) is 4.79 Å². The van der Waals surface area contributed by atoms with Crippen LogP contribution >= 0.6 is 0 Å². The predicted octanol–water partition coefficient (Wildman–Crippen LogP) is 2.71. The van der Waals surface area contributed by atoms with Crippen LogP contribution in [0.4, 0.5) is 0 Å². The summed E-state index contributed by atoms with van der Waals surface area (Å²) in [4.78, 5) is 12.1. The Hall–Kier alpha value is -1.15. The van der Waals surface area contributed by atoms with Gasteiger partial charge in [-0.1, -0.05) is 30.3 Å². The highest BCUT2D eigenvalue weighted by Crippen LogP contribution is 2.49. The molecule has 0 heterocycles. The van der Waals surface area contributed by atoms with E-state index in [0.717, 1.165) is 19.3 Å². The molecule has 1 aliphatic carbocycles. The van der Waals surface area contributed by atoms with Gasteiger partial charge in [0.05, 0.1) is 5.41 Å². The molecule has 1 aromatic rings. The van der Waals surface area contributed by atoms with Gasteiger partial charge in [0, 0.05) is 20.1 Å². The Morgan fingerprint density at radius 1 is 1.31 bits per heavy atom. The van der Waals surface area contributed by atoms with Crippen LogP contribution in [-0.2, 0) is 14.9 Å². The van der Waals surface area contributed by atoms with Crippen LogP contribution in [0.15, 0.2) is 30.3 Å². The summed E-state index contributed by atoms with van der Waals surface area (Å²) in [6.07, 6.45) is 3.51. The van der Waals surface area contributed by atoms with Gasteiger partial charge in [0.15, 0.2) is 0 Å². The Morgan fingerprint density at radius 3 is 2.56 bits per heavy atom. The molecule has 0 N–H and O–H groups in total. The normalized spacial score (nSPS) is 17.1. The van der Waals surface area contributed by atoms with E-state index in [1.54, 1.807) is 7.11 Å². The summed E-state index contributed by atoms with van der Waals surface area (Å²) in [5.41, 5.74) is 1.05. The minimum atomic E-state index is -0.144. The summed E-state index contributed by atoms with van der Waals surface area (Å²) in [5.74, 6) is 0.385. The fourth-order valence-corrected chi connectivity index (χ4v) is 2.23. The standard InChI is InChI=1S/C14H18O2/c1-16-11-5-8-13(15)14(9-10-14)12-6-3-2-4-7-12/h2-4,6-7H,5,8-11H2,1H3. The molecule has 2 rings (SSSR count). The Balaban J connectivity index is 2.00. The number of carbonyl (C=O) groups excluding carboxylic acids is 1. The summed E-state index contributed by atoms with van der Waals surface area (Å²) in [5, 5.41) is 0. The van der Waals surface area contributed by atoms with Crippen LogP contribution in [0.1, 0.15) is 31.2 Å². The van der Waals surface area contributed by atoms with Crippen LogP contribution in [0.3, 0.4) is 0 Å². The van der Waals surface area contributed by atoms with Gasteiger partial charge in [0.25, 0.3) is 0 Å². The van der Waals surface area contributed by atoms with Gasteiger partial charge < -0.3 is 4.74 Å². The summed E-state index contributed by atoms with van der Waals surface area (Å²) >= 11 is 0. The maximum atomic E-state index is 12.1. The number of hydrogen-bond acceptors (Lipinski definition) is 2. The van der Waals surface area contributed by atoms with E-state index >= 15 is 0 Å². The van der Waals surface area contributed by atoms with Crippen molar-refractivity contribution in [2.24, 2.45) is 0 Å². The third-order valence-electron chi connectivity index (χ3n) is 3.36. The molecule has 0 spiro atoms. The summed E-state index contributed by atoms with van der Waals surface area (Å²) in [7, 11) is 1.68. The number of benzene rings is 1. The van der Waals surface area contributed by atoms with Crippen molar-refractivity contribution in [2.45, 2.75) is 31.1 Å². The topological polar surface area (TPSA) is 26.3 Å². The molecule has 1 fully saturated rings. The molecule has 16 heavy (non-hydrogen) atoms. The van der Waals surface area contributed by atoms with Crippen molar-refractivity contribution in [3.63, 3.8) is 0 Å². The van der Waals surface area contributed by atoms with E-state index in [2.05, 4.69) is 12.1 Å². The molecule has 2 nitrogen and oxygen atoms in total. The van der Waals surface area contributed by atoms with Gasteiger partial charge in [-0.15, -0.1) is 0 Å². The molecule has 0 unspecified atom stereocenters. The van der Waals surface area contributed by atoms with Gasteiger partial charge in [-0.2, -0.15) is 0 Å². The van der Waals surface area contributed by atoms with E-state index in [1.807, 2.05) is 18.2 Å². The third kappa shape index (κ3) is 2.17. The molecule has 0 atom stereocenters. The van der Waals surface area contributed by atoms with Crippen LogP contribution < -0.4 is 0 Å². The van der Waals surface area contributed by atoms with Crippen LogP contribution in [0.5, 0.6) is 0 Å². The van der Waals surface area contributed by atoms with Crippen molar-refractivity contribution in [1.82, 2.24) is 0 Å². The number of ketones is 1. The fourth-order valence-electron chi connectivity index (χ4n) is 2.23. The third-order valence-corrected chi connectivity index (χ3v) is 3.36. The first-order chi connectivity index (χ1) is 7.79. The lowest BCUT2D eigenvalue weighted by atomic mass is 9.89. The zero-order chi connectivity index (χ0) is 11.4.